The Morgan fingerprint density at radius 1 is 0.840 bits per heavy atom. The molecule has 5 aromatic rings. The Labute approximate surface area is 299 Å². The van der Waals surface area contributed by atoms with Crippen molar-refractivity contribution in [3.63, 3.8) is 0 Å². The molecule has 10 heteroatoms. The largest absolute Gasteiger partial charge is 0.361 e. The number of nitrogens with zero attached hydrogens (tertiary/aromatic N) is 5. The van der Waals surface area contributed by atoms with Gasteiger partial charge in [0.05, 0.1) is 27.7 Å². The summed E-state index contributed by atoms with van der Waals surface area (Å²) in [6.07, 6.45) is 6.03. The lowest BCUT2D eigenvalue weighted by Crippen LogP contribution is -2.35. The van der Waals surface area contributed by atoms with E-state index in [1.807, 2.05) is 85.0 Å². The van der Waals surface area contributed by atoms with Crippen molar-refractivity contribution in [3.05, 3.63) is 77.9 Å². The summed E-state index contributed by atoms with van der Waals surface area (Å²) in [4.78, 5) is 20.4. The smallest absolute Gasteiger partial charge is 0.237 e. The van der Waals surface area contributed by atoms with Crippen molar-refractivity contribution in [1.82, 2.24) is 19.3 Å². The first-order chi connectivity index (χ1) is 23.7. The van der Waals surface area contributed by atoms with E-state index in [4.69, 9.17) is 26.0 Å². The van der Waals surface area contributed by atoms with Gasteiger partial charge in [0.2, 0.25) is 5.91 Å². The Hall–Kier alpha value is -4.02. The molecule has 0 aliphatic carbocycles. The van der Waals surface area contributed by atoms with Crippen LogP contribution in [0.1, 0.15) is 31.9 Å². The Balaban J connectivity index is 0.000000732. The molecule has 3 heterocycles. The molecule has 8 nitrogen and oxygen atoms in total. The minimum absolute atomic E-state index is 0.110. The summed E-state index contributed by atoms with van der Waals surface area (Å²) in [5.41, 5.74) is 5.37. The molecule has 1 aliphatic heterocycles. The number of hydrogen-bond donors (Lipinski definition) is 0. The lowest BCUT2D eigenvalue weighted by molar-refractivity contribution is -0.122. The number of rotatable bonds is 12. The van der Waals surface area contributed by atoms with Gasteiger partial charge in [0.25, 0.3) is 0 Å². The molecule has 50 heavy (non-hydrogen) atoms. The monoisotopic (exact) mass is 707 g/mol. The molecule has 0 unspecified atom stereocenters. The molecule has 0 bridgehead atoms. The molecule has 2 aromatic heterocycles. The van der Waals surface area contributed by atoms with Gasteiger partial charge in [-0.1, -0.05) is 87.7 Å². The van der Waals surface area contributed by atoms with Gasteiger partial charge in [0.15, 0.2) is 5.82 Å². The first-order valence-electron chi connectivity index (χ1n) is 17.6. The molecule has 0 N–H and O–H groups in total. The summed E-state index contributed by atoms with van der Waals surface area (Å²) in [5.74, 6) is 3.67. The predicted molar refractivity (Wildman–Crippen MR) is 212 cm³/mol. The maximum atomic E-state index is 13.3. The number of carbonyl (C=O) groups excluding carboxylic acids is 1. The first-order valence-corrected chi connectivity index (χ1v) is 25.1. The van der Waals surface area contributed by atoms with Gasteiger partial charge in [0.1, 0.15) is 19.2 Å². The molecule has 0 radical (unpaired) electrons. The van der Waals surface area contributed by atoms with E-state index in [1.54, 1.807) is 0 Å². The van der Waals surface area contributed by atoms with Gasteiger partial charge >= 0.3 is 0 Å². The van der Waals surface area contributed by atoms with Gasteiger partial charge in [-0.2, -0.15) is 5.10 Å². The highest BCUT2D eigenvalue weighted by Crippen LogP contribution is 2.44. The van der Waals surface area contributed by atoms with Crippen molar-refractivity contribution in [1.29, 1.82) is 0 Å². The van der Waals surface area contributed by atoms with E-state index in [0.29, 0.717) is 44.7 Å². The van der Waals surface area contributed by atoms with Crippen molar-refractivity contribution >= 4 is 49.7 Å². The number of benzene rings is 3. The predicted octanol–water partition coefficient (Wildman–Crippen LogP) is 8.99. The van der Waals surface area contributed by atoms with Gasteiger partial charge in [0, 0.05) is 46.9 Å². The minimum Gasteiger partial charge on any atom is -0.361 e. The summed E-state index contributed by atoms with van der Waals surface area (Å²) < 4.78 is 16.4. The maximum absolute atomic E-state index is 13.3. The van der Waals surface area contributed by atoms with Crippen molar-refractivity contribution < 1.29 is 14.3 Å². The molecule has 0 spiro atoms. The lowest BCUT2D eigenvalue weighted by atomic mass is 9.86. The highest BCUT2D eigenvalue weighted by Gasteiger charge is 2.44. The van der Waals surface area contributed by atoms with Crippen molar-refractivity contribution in [2.45, 2.75) is 91.0 Å². The highest BCUT2D eigenvalue weighted by molar-refractivity contribution is 6.76. The Morgan fingerprint density at radius 3 is 2.00 bits per heavy atom. The van der Waals surface area contributed by atoms with Crippen molar-refractivity contribution in [2.24, 2.45) is 0 Å². The quantitative estimate of drug-likeness (QED) is 0.0736. The number of amides is 1. The molecule has 1 amide bonds. The fourth-order valence-electron chi connectivity index (χ4n) is 6.12. The first kappa shape index (κ1) is 37.2. The number of aromatic nitrogens is 4. The highest BCUT2D eigenvalue weighted by atomic mass is 28.3. The summed E-state index contributed by atoms with van der Waals surface area (Å²) in [7, 11) is -2.51. The van der Waals surface area contributed by atoms with E-state index in [9.17, 15) is 4.79 Å². The van der Waals surface area contributed by atoms with Crippen molar-refractivity contribution in [3.8, 4) is 23.9 Å². The Bertz CT molecular complexity index is 1970. The van der Waals surface area contributed by atoms with Crippen LogP contribution in [-0.4, -0.2) is 61.1 Å². The fraction of sp³-hybridized carbons (Fsp3) is 0.425. The molecule has 6 rings (SSSR count). The number of imidazole rings is 1. The van der Waals surface area contributed by atoms with Crippen LogP contribution in [0.4, 0.5) is 5.69 Å². The molecule has 3 aromatic carbocycles. The average Bonchev–Trinajstić information content (AvgIpc) is 3.68. The SMILES string of the molecule is C#Cc1cccc2c1c(-c1nc3cc4c(cc3n1COCC[Si](C)(C)C)N(CC)C(=O)C4(C)C)nn2COCC[Si](C)(C)C.c1ccccc1. The molecule has 0 fully saturated rings. The molecule has 264 valence electrons. The van der Waals surface area contributed by atoms with Gasteiger partial charge < -0.3 is 14.4 Å². The second-order valence-corrected chi connectivity index (χ2v) is 27.2. The third-order valence-corrected chi connectivity index (χ3v) is 12.6. The Morgan fingerprint density at radius 2 is 1.44 bits per heavy atom. The number of hydrogen-bond acceptors (Lipinski definition) is 5. The van der Waals surface area contributed by atoms with Crippen LogP contribution >= 0.6 is 0 Å². The van der Waals surface area contributed by atoms with E-state index >= 15 is 0 Å². The van der Waals surface area contributed by atoms with Crippen LogP contribution in [0.2, 0.25) is 51.4 Å². The third-order valence-electron chi connectivity index (χ3n) is 9.16. The number of likely N-dealkylation sites (N-methyl/N-ethyl adjacent to an activating group) is 1. The van der Waals surface area contributed by atoms with Crippen molar-refractivity contribution in [2.75, 3.05) is 24.7 Å². The number of ether oxygens (including phenoxy) is 2. The zero-order valence-corrected chi connectivity index (χ0v) is 33.3. The lowest BCUT2D eigenvalue weighted by Gasteiger charge is -2.18. The minimum atomic E-state index is -1.28. The zero-order chi connectivity index (χ0) is 36.3. The third kappa shape index (κ3) is 8.13. The second kappa shape index (κ2) is 15.1. The van der Waals surface area contributed by atoms with Gasteiger partial charge in [-0.3, -0.25) is 9.36 Å². The van der Waals surface area contributed by atoms with Crippen LogP contribution in [0.5, 0.6) is 0 Å². The molecule has 1 aliphatic rings. The zero-order valence-electron chi connectivity index (χ0n) is 31.3. The second-order valence-electron chi connectivity index (χ2n) is 15.9. The number of carbonyl (C=O) groups is 1. The van der Waals surface area contributed by atoms with Gasteiger partial charge in [-0.25, -0.2) is 9.67 Å². The van der Waals surface area contributed by atoms with Crippen LogP contribution < -0.4 is 4.90 Å². The van der Waals surface area contributed by atoms with E-state index in [-0.39, 0.29) is 5.91 Å². The molecule has 0 saturated heterocycles. The van der Waals surface area contributed by atoms with Crippen LogP contribution in [0, 0.1) is 12.3 Å². The van der Waals surface area contributed by atoms with Gasteiger partial charge in [-0.15, -0.1) is 6.42 Å². The standard InChI is InChI=1S/C34H47N5O3Si2.C6H6/c1-11-24-14-13-15-27-30(24)31(36-39(27)23-42-17-19-44(8,9)10)32-35-26-20-25-28(37(12-2)33(40)34(25,3)4)21-29(26)38(32)22-41-16-18-43(5,6)7;1-2-4-6-5-3-1/h1,13-15,20-21H,12,16-19,22-23H2,2-10H3;1-6H. The van der Waals surface area contributed by atoms with Crippen LogP contribution in [0.3, 0.4) is 0 Å². The molecular formula is C40H53N5O3Si2. The summed E-state index contributed by atoms with van der Waals surface area (Å²) in [6.45, 7) is 22.7. The number of fused-ring (bicyclic) bond motifs is 3. The molecule has 0 atom stereocenters. The average molecular weight is 708 g/mol. The van der Waals surface area contributed by atoms with E-state index in [2.05, 4.69) is 61.9 Å². The van der Waals surface area contributed by atoms with E-state index in [1.165, 1.54) is 0 Å². The van der Waals surface area contributed by atoms with Crippen LogP contribution in [0.25, 0.3) is 33.5 Å². The summed E-state index contributed by atoms with van der Waals surface area (Å²) >= 11 is 0. The molecule has 0 saturated carbocycles. The summed E-state index contributed by atoms with van der Waals surface area (Å²) in [6, 6.07) is 24.3. The fourth-order valence-corrected chi connectivity index (χ4v) is 7.64. The Kier molecular flexibility index (Phi) is 11.2. The number of anilines is 1. The topological polar surface area (TPSA) is 74.4 Å². The normalized spacial score (nSPS) is 14.2. The van der Waals surface area contributed by atoms with Crippen LogP contribution in [0.15, 0.2) is 66.7 Å². The summed E-state index contributed by atoms with van der Waals surface area (Å²) in [5, 5.41) is 5.96. The van der Waals surface area contributed by atoms with Gasteiger partial charge in [-0.05, 0) is 62.7 Å². The van der Waals surface area contributed by atoms with E-state index in [0.717, 1.165) is 50.8 Å². The molecular weight excluding hydrogens is 655 g/mol. The van der Waals surface area contributed by atoms with Crippen LogP contribution in [-0.2, 0) is 33.1 Å². The number of terminal acetylenes is 1. The maximum Gasteiger partial charge on any atom is 0.237 e. The van der Waals surface area contributed by atoms with E-state index < -0.39 is 21.6 Å².